The number of aromatic nitrogens is 3. The smallest absolute Gasteiger partial charge is 0.257 e. The molecule has 0 radical (unpaired) electrons. The Kier molecular flexibility index (Phi) is 6.77. The van der Waals surface area contributed by atoms with Crippen molar-refractivity contribution >= 4 is 5.82 Å². The molecule has 0 amide bonds. The molecule has 2 N–H and O–H groups in total. The van der Waals surface area contributed by atoms with Crippen molar-refractivity contribution in [2.45, 2.75) is 65.9 Å². The van der Waals surface area contributed by atoms with E-state index in [1.165, 1.54) is 0 Å². The molecule has 2 heterocycles. The van der Waals surface area contributed by atoms with Crippen LogP contribution in [-0.2, 0) is 6.42 Å². The van der Waals surface area contributed by atoms with Crippen molar-refractivity contribution in [1.29, 1.82) is 0 Å². The van der Waals surface area contributed by atoms with Gasteiger partial charge in [0, 0.05) is 12.7 Å². The summed E-state index contributed by atoms with van der Waals surface area (Å²) < 4.78 is 6.03. The Balaban J connectivity index is 2.52. The second kappa shape index (κ2) is 8.83. The van der Waals surface area contributed by atoms with Gasteiger partial charge in [-0.05, 0) is 37.3 Å². The van der Waals surface area contributed by atoms with E-state index in [2.05, 4.69) is 29.1 Å². The highest BCUT2D eigenvalue weighted by molar-refractivity contribution is 5.69. The number of hydrogen-bond donors (Lipinski definition) is 2. The Morgan fingerprint density at radius 1 is 1.08 bits per heavy atom. The van der Waals surface area contributed by atoms with Crippen LogP contribution < -0.4 is 10.1 Å². The van der Waals surface area contributed by atoms with Crippen molar-refractivity contribution in [3.05, 3.63) is 23.5 Å². The summed E-state index contributed by atoms with van der Waals surface area (Å²) in [5.74, 6) is 1.30. The van der Waals surface area contributed by atoms with Gasteiger partial charge in [0.15, 0.2) is 5.82 Å². The molecule has 0 spiro atoms. The molecule has 0 atom stereocenters. The van der Waals surface area contributed by atoms with Crippen molar-refractivity contribution in [2.75, 3.05) is 12.4 Å². The average Bonchev–Trinajstić information content (AvgIpc) is 2.65. The fraction of sp³-hybridized carbons (Fsp3) is 0.550. The van der Waals surface area contributed by atoms with Gasteiger partial charge in [0.1, 0.15) is 6.10 Å². The fourth-order valence-corrected chi connectivity index (χ4v) is 2.74. The molecule has 2 aromatic rings. The zero-order chi connectivity index (χ0) is 19.3. The topological polar surface area (TPSA) is 80.2 Å². The van der Waals surface area contributed by atoms with Gasteiger partial charge in [0.2, 0.25) is 5.88 Å². The molecule has 26 heavy (non-hydrogen) atoms. The minimum absolute atomic E-state index is 0.0177. The second-order valence-electron chi connectivity index (χ2n) is 6.59. The minimum Gasteiger partial charge on any atom is -0.493 e. The van der Waals surface area contributed by atoms with Crippen LogP contribution in [0.2, 0.25) is 0 Å². The fourth-order valence-electron chi connectivity index (χ4n) is 2.74. The standard InChI is InChI=1S/C20H30N4O2/c1-7-13(8-2)26-20-18(21-6)24-17(15(9-3)23-20)14-10-11-16(12(4)5)22-19(14)25/h10-13H,7-9H2,1-6H3,(H,21,24)(H,22,25). The third-order valence-electron chi connectivity index (χ3n) is 4.44. The lowest BCUT2D eigenvalue weighted by Crippen LogP contribution is -2.17. The summed E-state index contributed by atoms with van der Waals surface area (Å²) in [6.45, 7) is 10.3. The number of anilines is 1. The third kappa shape index (κ3) is 4.23. The predicted molar refractivity (Wildman–Crippen MR) is 105 cm³/mol. The average molecular weight is 358 g/mol. The van der Waals surface area contributed by atoms with Crippen LogP contribution in [0, 0.1) is 0 Å². The molecule has 6 nitrogen and oxygen atoms in total. The molecular formula is C20H30N4O2. The van der Waals surface area contributed by atoms with Gasteiger partial charge in [-0.3, -0.25) is 0 Å². The first-order valence-corrected chi connectivity index (χ1v) is 9.40. The number of nitrogens with zero attached hydrogens (tertiary/aromatic N) is 3. The lowest BCUT2D eigenvalue weighted by Gasteiger charge is -2.19. The number of aryl methyl sites for hydroxylation is 1. The zero-order valence-corrected chi connectivity index (χ0v) is 16.6. The number of nitrogens with one attached hydrogen (secondary N) is 1. The summed E-state index contributed by atoms with van der Waals surface area (Å²) in [6, 6.07) is 3.79. The summed E-state index contributed by atoms with van der Waals surface area (Å²) in [7, 11) is 1.79. The number of ether oxygens (including phenoxy) is 1. The molecule has 0 aliphatic carbocycles. The van der Waals surface area contributed by atoms with E-state index in [-0.39, 0.29) is 17.9 Å². The Bertz CT molecular complexity index is 743. The number of aromatic hydroxyl groups is 1. The van der Waals surface area contributed by atoms with Gasteiger partial charge < -0.3 is 15.2 Å². The summed E-state index contributed by atoms with van der Waals surface area (Å²) in [6.07, 6.45) is 2.60. The molecule has 2 rings (SSSR count). The normalized spacial score (nSPS) is 11.2. The van der Waals surface area contributed by atoms with Crippen molar-refractivity contribution in [1.82, 2.24) is 15.0 Å². The van der Waals surface area contributed by atoms with Gasteiger partial charge in [-0.2, -0.15) is 0 Å². The number of rotatable bonds is 8. The Morgan fingerprint density at radius 2 is 1.77 bits per heavy atom. The van der Waals surface area contributed by atoms with Crippen molar-refractivity contribution < 1.29 is 9.84 Å². The van der Waals surface area contributed by atoms with Gasteiger partial charge in [-0.25, -0.2) is 15.0 Å². The highest BCUT2D eigenvalue weighted by Gasteiger charge is 2.20. The summed E-state index contributed by atoms with van der Waals surface area (Å²) in [5, 5.41) is 13.5. The first-order valence-electron chi connectivity index (χ1n) is 9.40. The van der Waals surface area contributed by atoms with Gasteiger partial charge in [0.05, 0.1) is 17.0 Å². The minimum atomic E-state index is -0.0177. The van der Waals surface area contributed by atoms with Crippen LogP contribution in [0.5, 0.6) is 11.8 Å². The third-order valence-corrected chi connectivity index (χ3v) is 4.44. The van der Waals surface area contributed by atoms with Crippen LogP contribution in [0.15, 0.2) is 12.1 Å². The molecule has 142 valence electrons. The molecule has 0 saturated heterocycles. The monoisotopic (exact) mass is 358 g/mol. The first kappa shape index (κ1) is 19.9. The number of hydrogen-bond acceptors (Lipinski definition) is 6. The van der Waals surface area contributed by atoms with Crippen molar-refractivity contribution in [2.24, 2.45) is 0 Å². The van der Waals surface area contributed by atoms with Gasteiger partial charge in [-0.1, -0.05) is 34.6 Å². The van der Waals surface area contributed by atoms with Gasteiger partial charge in [-0.15, -0.1) is 0 Å². The molecule has 0 bridgehead atoms. The maximum absolute atomic E-state index is 10.4. The van der Waals surface area contributed by atoms with E-state index in [1.807, 2.05) is 32.9 Å². The van der Waals surface area contributed by atoms with Crippen LogP contribution in [-0.4, -0.2) is 33.2 Å². The van der Waals surface area contributed by atoms with Crippen LogP contribution in [0.3, 0.4) is 0 Å². The lowest BCUT2D eigenvalue weighted by molar-refractivity contribution is 0.185. The van der Waals surface area contributed by atoms with Crippen molar-refractivity contribution in [3.63, 3.8) is 0 Å². The number of pyridine rings is 1. The zero-order valence-electron chi connectivity index (χ0n) is 16.6. The quantitative estimate of drug-likeness (QED) is 0.721. The Labute approximate surface area is 156 Å². The summed E-state index contributed by atoms with van der Waals surface area (Å²) >= 11 is 0. The van der Waals surface area contributed by atoms with E-state index in [4.69, 9.17) is 9.72 Å². The largest absolute Gasteiger partial charge is 0.493 e. The van der Waals surface area contributed by atoms with Gasteiger partial charge >= 0.3 is 0 Å². The molecule has 0 fully saturated rings. The molecule has 0 saturated carbocycles. The summed E-state index contributed by atoms with van der Waals surface area (Å²) in [4.78, 5) is 13.7. The summed E-state index contributed by atoms with van der Waals surface area (Å²) in [5.41, 5.74) is 2.84. The Hall–Kier alpha value is -2.37. The molecule has 0 aromatic carbocycles. The first-order chi connectivity index (χ1) is 12.4. The molecule has 0 aliphatic heterocycles. The lowest BCUT2D eigenvalue weighted by atomic mass is 10.1. The molecule has 0 unspecified atom stereocenters. The van der Waals surface area contributed by atoms with E-state index >= 15 is 0 Å². The maximum Gasteiger partial charge on any atom is 0.257 e. The van der Waals surface area contributed by atoms with E-state index in [0.29, 0.717) is 29.4 Å². The van der Waals surface area contributed by atoms with Crippen molar-refractivity contribution in [3.8, 4) is 23.0 Å². The molecular weight excluding hydrogens is 328 g/mol. The molecule has 2 aromatic heterocycles. The molecule has 0 aliphatic rings. The van der Waals surface area contributed by atoms with Gasteiger partial charge in [0.25, 0.3) is 5.88 Å². The highest BCUT2D eigenvalue weighted by atomic mass is 16.5. The predicted octanol–water partition coefficient (Wildman–Crippen LogP) is 4.54. The Morgan fingerprint density at radius 3 is 2.27 bits per heavy atom. The van der Waals surface area contributed by atoms with Crippen LogP contribution in [0.1, 0.15) is 64.8 Å². The van der Waals surface area contributed by atoms with E-state index in [9.17, 15) is 5.11 Å². The molecule has 6 heteroatoms. The van der Waals surface area contributed by atoms with Crippen LogP contribution in [0.25, 0.3) is 11.3 Å². The maximum atomic E-state index is 10.4. The SMILES string of the molecule is CCc1nc(OC(CC)CC)c(NC)nc1-c1ccc(C(C)C)nc1O. The highest BCUT2D eigenvalue weighted by Crippen LogP contribution is 2.34. The van der Waals surface area contributed by atoms with Crippen LogP contribution >= 0.6 is 0 Å². The van der Waals surface area contributed by atoms with E-state index in [0.717, 1.165) is 24.2 Å². The van der Waals surface area contributed by atoms with E-state index in [1.54, 1.807) is 7.05 Å². The van der Waals surface area contributed by atoms with Crippen LogP contribution in [0.4, 0.5) is 5.82 Å². The van der Waals surface area contributed by atoms with E-state index < -0.39 is 0 Å². The second-order valence-corrected chi connectivity index (χ2v) is 6.59.